The minimum atomic E-state index is -0.499. The smallest absolute Gasteiger partial charge is 0.340 e. The first kappa shape index (κ1) is 19.7. The highest BCUT2D eigenvalue weighted by Crippen LogP contribution is 2.31. The molecule has 0 saturated heterocycles. The van der Waals surface area contributed by atoms with E-state index in [4.69, 9.17) is 9.47 Å². The van der Waals surface area contributed by atoms with Gasteiger partial charge in [-0.2, -0.15) is 0 Å². The van der Waals surface area contributed by atoms with E-state index in [-0.39, 0.29) is 5.91 Å². The fourth-order valence-corrected chi connectivity index (χ4v) is 2.90. The number of methoxy groups -OCH3 is 2. The van der Waals surface area contributed by atoms with Crippen molar-refractivity contribution >= 4 is 23.6 Å². The molecule has 1 aromatic carbocycles. The number of allylic oxidation sites excluding steroid dienone is 1. The van der Waals surface area contributed by atoms with Gasteiger partial charge in [0.15, 0.2) is 0 Å². The lowest BCUT2D eigenvalue weighted by Gasteiger charge is -2.17. The Morgan fingerprint density at radius 2 is 1.85 bits per heavy atom. The molecule has 0 fully saturated rings. The van der Waals surface area contributed by atoms with Crippen LogP contribution >= 0.6 is 0 Å². The van der Waals surface area contributed by atoms with E-state index < -0.39 is 5.97 Å². The third kappa shape index (κ3) is 4.14. The Bertz CT molecular complexity index is 733. The summed E-state index contributed by atoms with van der Waals surface area (Å²) in [6, 6.07) is 7.79. The maximum atomic E-state index is 12.9. The number of hydrogen-bond acceptors (Lipinski definition) is 5. The van der Waals surface area contributed by atoms with Crippen LogP contribution in [0.4, 0.5) is 5.69 Å². The van der Waals surface area contributed by atoms with E-state index in [1.54, 1.807) is 25.0 Å². The highest BCUT2D eigenvalue weighted by Gasteiger charge is 2.36. The van der Waals surface area contributed by atoms with E-state index in [0.717, 1.165) is 11.3 Å². The maximum absolute atomic E-state index is 12.9. The zero-order chi connectivity index (χ0) is 19.3. The van der Waals surface area contributed by atoms with Gasteiger partial charge in [-0.25, -0.2) is 4.79 Å². The summed E-state index contributed by atoms with van der Waals surface area (Å²) in [4.78, 5) is 28.8. The number of hydrogen-bond donors (Lipinski definition) is 0. The number of esters is 1. The lowest BCUT2D eigenvalue weighted by atomic mass is 10.0. The summed E-state index contributed by atoms with van der Waals surface area (Å²) in [6.07, 6.45) is 2.44. The Morgan fingerprint density at radius 1 is 1.19 bits per heavy atom. The Kier molecular flexibility index (Phi) is 6.58. The van der Waals surface area contributed by atoms with Gasteiger partial charge in [-0.15, -0.1) is 0 Å². The van der Waals surface area contributed by atoms with Crippen molar-refractivity contribution in [3.05, 3.63) is 46.7 Å². The molecule has 0 bridgehead atoms. The second kappa shape index (κ2) is 8.67. The van der Waals surface area contributed by atoms with Gasteiger partial charge in [0.05, 0.1) is 18.3 Å². The van der Waals surface area contributed by atoms with Gasteiger partial charge in [-0.05, 0) is 37.1 Å². The summed E-state index contributed by atoms with van der Waals surface area (Å²) in [5.74, 6) is -0.683. The highest BCUT2D eigenvalue weighted by atomic mass is 16.5. The number of rotatable bonds is 7. The van der Waals surface area contributed by atoms with E-state index in [1.807, 2.05) is 43.3 Å². The van der Waals surface area contributed by atoms with Crippen LogP contribution in [-0.2, 0) is 19.1 Å². The normalized spacial score (nSPS) is 15.8. The molecule has 0 atom stereocenters. The molecule has 0 radical (unpaired) electrons. The van der Waals surface area contributed by atoms with E-state index in [9.17, 15) is 9.59 Å². The second-order valence-electron chi connectivity index (χ2n) is 6.30. The first-order valence-corrected chi connectivity index (χ1v) is 8.50. The number of carbonyl (C=O) groups is 2. The van der Waals surface area contributed by atoms with Gasteiger partial charge < -0.3 is 19.3 Å². The minimum Gasteiger partial charge on any atom is -0.465 e. The molecule has 26 heavy (non-hydrogen) atoms. The van der Waals surface area contributed by atoms with Crippen LogP contribution in [0.25, 0.3) is 6.08 Å². The number of ether oxygens (including phenoxy) is 2. The summed E-state index contributed by atoms with van der Waals surface area (Å²) < 4.78 is 9.95. The molecular formula is C20H26N2O4. The summed E-state index contributed by atoms with van der Waals surface area (Å²) in [5, 5.41) is 0. The van der Waals surface area contributed by atoms with Crippen LogP contribution in [0, 0.1) is 0 Å². The average Bonchev–Trinajstić information content (AvgIpc) is 2.86. The number of benzene rings is 1. The molecule has 0 unspecified atom stereocenters. The van der Waals surface area contributed by atoms with Crippen LogP contribution in [0.5, 0.6) is 0 Å². The first-order valence-electron chi connectivity index (χ1n) is 8.50. The molecule has 140 valence electrons. The molecule has 0 spiro atoms. The molecule has 0 saturated carbocycles. The van der Waals surface area contributed by atoms with Crippen molar-refractivity contribution in [3.8, 4) is 0 Å². The predicted octanol–water partition coefficient (Wildman–Crippen LogP) is 2.46. The molecule has 1 heterocycles. The first-order chi connectivity index (χ1) is 12.4. The molecule has 2 rings (SSSR count). The molecule has 0 aromatic heterocycles. The summed E-state index contributed by atoms with van der Waals surface area (Å²) in [5.41, 5.74) is 3.22. The van der Waals surface area contributed by atoms with Gasteiger partial charge in [0.25, 0.3) is 5.91 Å². The monoisotopic (exact) mass is 358 g/mol. The van der Waals surface area contributed by atoms with Gasteiger partial charge in [-0.1, -0.05) is 12.1 Å². The van der Waals surface area contributed by atoms with Crippen molar-refractivity contribution in [1.29, 1.82) is 0 Å². The van der Waals surface area contributed by atoms with Gasteiger partial charge in [-0.3, -0.25) is 4.79 Å². The van der Waals surface area contributed by atoms with Crippen molar-refractivity contribution in [3.63, 3.8) is 0 Å². The molecule has 6 nitrogen and oxygen atoms in total. The predicted molar refractivity (Wildman–Crippen MR) is 102 cm³/mol. The molecule has 1 aliphatic heterocycles. The van der Waals surface area contributed by atoms with Crippen LogP contribution in [0.2, 0.25) is 0 Å². The molecule has 1 aliphatic rings. The Morgan fingerprint density at radius 3 is 2.38 bits per heavy atom. The highest BCUT2D eigenvalue weighted by molar-refractivity contribution is 6.16. The number of carbonyl (C=O) groups excluding carboxylic acids is 2. The van der Waals surface area contributed by atoms with Crippen LogP contribution in [-0.4, -0.2) is 58.2 Å². The van der Waals surface area contributed by atoms with Gasteiger partial charge >= 0.3 is 5.97 Å². The zero-order valence-corrected chi connectivity index (χ0v) is 16.0. The van der Waals surface area contributed by atoms with Crippen molar-refractivity contribution < 1.29 is 19.1 Å². The van der Waals surface area contributed by atoms with Crippen LogP contribution < -0.4 is 4.90 Å². The van der Waals surface area contributed by atoms with Crippen molar-refractivity contribution in [2.24, 2.45) is 0 Å². The summed E-state index contributed by atoms with van der Waals surface area (Å²) >= 11 is 0. The van der Waals surface area contributed by atoms with E-state index >= 15 is 0 Å². The maximum Gasteiger partial charge on any atom is 0.340 e. The lowest BCUT2D eigenvalue weighted by Crippen LogP contribution is -2.26. The van der Waals surface area contributed by atoms with Crippen molar-refractivity contribution in [2.75, 3.05) is 46.4 Å². The van der Waals surface area contributed by atoms with Gasteiger partial charge in [0.1, 0.15) is 0 Å². The molecule has 0 aliphatic carbocycles. The Labute approximate surface area is 154 Å². The summed E-state index contributed by atoms with van der Waals surface area (Å²) in [6.45, 7) is 2.82. The Hall–Kier alpha value is -2.60. The minimum absolute atomic E-state index is 0.185. The molecule has 0 N–H and O–H groups in total. The third-order valence-corrected chi connectivity index (χ3v) is 4.35. The molecule has 1 amide bonds. The van der Waals surface area contributed by atoms with Gasteiger partial charge in [0.2, 0.25) is 0 Å². The number of anilines is 1. The number of amides is 1. The molecule has 1 aromatic rings. The molecular weight excluding hydrogens is 332 g/mol. The van der Waals surface area contributed by atoms with Crippen LogP contribution in [0.15, 0.2) is 41.1 Å². The van der Waals surface area contributed by atoms with Gasteiger partial charge in [0, 0.05) is 45.7 Å². The van der Waals surface area contributed by atoms with E-state index in [1.165, 1.54) is 7.11 Å². The fraction of sp³-hybridized carbons (Fsp3) is 0.400. The molecule has 6 heteroatoms. The third-order valence-electron chi connectivity index (χ3n) is 4.35. The van der Waals surface area contributed by atoms with E-state index in [0.29, 0.717) is 36.4 Å². The zero-order valence-electron chi connectivity index (χ0n) is 16.0. The topological polar surface area (TPSA) is 59.1 Å². The number of nitrogens with zero attached hydrogens (tertiary/aromatic N) is 2. The fourth-order valence-electron chi connectivity index (χ4n) is 2.90. The Balaban J connectivity index is 2.37. The van der Waals surface area contributed by atoms with Crippen LogP contribution in [0.1, 0.15) is 18.9 Å². The quantitative estimate of drug-likeness (QED) is 0.426. The average molecular weight is 358 g/mol. The van der Waals surface area contributed by atoms with Crippen LogP contribution in [0.3, 0.4) is 0 Å². The lowest BCUT2D eigenvalue weighted by molar-refractivity contribution is -0.136. The summed E-state index contributed by atoms with van der Waals surface area (Å²) in [7, 11) is 6.88. The van der Waals surface area contributed by atoms with Crippen molar-refractivity contribution in [1.82, 2.24) is 4.90 Å². The SMILES string of the molecule is COCCCN1C(=O)/C(=C\c2ccc(N(C)C)cc2)C(C(=O)OC)=C1C. The standard InChI is InChI=1S/C20H26N2O4/c1-14-18(20(24)26-5)17(19(23)22(14)11-6-12-25-4)13-15-7-9-16(10-8-15)21(2)3/h7-10,13H,6,11-12H2,1-5H3/b17-13-. The second-order valence-corrected chi connectivity index (χ2v) is 6.30. The van der Waals surface area contributed by atoms with E-state index in [2.05, 4.69) is 0 Å². The largest absolute Gasteiger partial charge is 0.465 e. The van der Waals surface area contributed by atoms with Crippen molar-refractivity contribution in [2.45, 2.75) is 13.3 Å².